The van der Waals surface area contributed by atoms with E-state index in [9.17, 15) is 9.59 Å². The van der Waals surface area contributed by atoms with E-state index in [1.54, 1.807) is 25.2 Å². The van der Waals surface area contributed by atoms with E-state index in [0.29, 0.717) is 11.4 Å². The van der Waals surface area contributed by atoms with Crippen LogP contribution < -0.4 is 15.0 Å². The molecule has 2 amide bonds. The van der Waals surface area contributed by atoms with Gasteiger partial charge in [-0.15, -0.1) is 0 Å². The quantitative estimate of drug-likeness (QED) is 0.792. The Kier molecular flexibility index (Phi) is 6.48. The average molecular weight is 296 g/mol. The lowest BCUT2D eigenvalue weighted by molar-refractivity contribution is -0.139. The Hall–Kier alpha value is -2.28. The molecule has 0 fully saturated rings. The van der Waals surface area contributed by atoms with Gasteiger partial charge in [0.05, 0.1) is 25.3 Å². The third-order valence-corrected chi connectivity index (χ3v) is 2.97. The Bertz CT molecular complexity index is 492. The summed E-state index contributed by atoms with van der Waals surface area (Å²) in [6.45, 7) is 0.112. The fraction of sp³-hybridized carbons (Fsp3) is 0.429. The molecule has 0 aliphatic heterocycles. The van der Waals surface area contributed by atoms with Crippen molar-refractivity contribution in [3.05, 3.63) is 24.3 Å². The maximum Gasteiger partial charge on any atom is 0.321 e. The number of amides is 2. The molecular weight excluding hydrogens is 276 g/mol. The number of para-hydroxylation sites is 2. The van der Waals surface area contributed by atoms with Crippen molar-refractivity contribution in [3.63, 3.8) is 0 Å². The van der Waals surface area contributed by atoms with E-state index in [1.165, 1.54) is 19.1 Å². The van der Waals surface area contributed by atoms with Crippen molar-refractivity contribution in [1.82, 2.24) is 5.32 Å². The predicted molar refractivity (Wildman–Crippen MR) is 77.8 cm³/mol. The molecule has 0 saturated carbocycles. The van der Waals surface area contributed by atoms with Crippen LogP contribution in [0.1, 0.15) is 6.42 Å². The smallest absolute Gasteiger partial charge is 0.321 e. The number of methoxy groups -OCH3 is 2. The Morgan fingerprint density at radius 3 is 2.57 bits per heavy atom. The molecule has 7 heteroatoms. The first-order chi connectivity index (χ1) is 9.99. The van der Waals surface area contributed by atoms with E-state index in [0.717, 1.165) is 0 Å². The van der Waals surface area contributed by atoms with Gasteiger partial charge in [-0.1, -0.05) is 12.1 Å². The standard InChI is InChI=1S/C14H20N2O5/c1-16(11-6-4-5-7-12(11)21-3)14(19)15-9-10(20-2)8-13(17)18/h4-7,10H,8-9H2,1-3H3,(H,15,19)(H,17,18). The molecule has 1 unspecified atom stereocenters. The molecule has 1 atom stereocenters. The molecule has 1 aromatic rings. The maximum absolute atomic E-state index is 12.1. The highest BCUT2D eigenvalue weighted by molar-refractivity contribution is 5.93. The van der Waals surface area contributed by atoms with E-state index in [2.05, 4.69) is 5.32 Å². The fourth-order valence-electron chi connectivity index (χ4n) is 1.77. The molecule has 0 heterocycles. The Morgan fingerprint density at radius 2 is 2.00 bits per heavy atom. The summed E-state index contributed by atoms with van der Waals surface area (Å²) in [5, 5.41) is 11.3. The lowest BCUT2D eigenvalue weighted by Crippen LogP contribution is -2.42. The zero-order valence-electron chi connectivity index (χ0n) is 12.3. The van der Waals surface area contributed by atoms with E-state index in [1.807, 2.05) is 6.07 Å². The van der Waals surface area contributed by atoms with Crippen LogP contribution >= 0.6 is 0 Å². The van der Waals surface area contributed by atoms with Gasteiger partial charge in [0.15, 0.2) is 0 Å². The van der Waals surface area contributed by atoms with Gasteiger partial charge >= 0.3 is 12.0 Å². The summed E-state index contributed by atoms with van der Waals surface area (Å²) in [5.74, 6) is -0.404. The number of carboxylic acids is 1. The number of hydrogen-bond donors (Lipinski definition) is 2. The Labute approximate surface area is 123 Å². The zero-order chi connectivity index (χ0) is 15.8. The number of carbonyl (C=O) groups excluding carboxylic acids is 1. The molecule has 116 valence electrons. The van der Waals surface area contributed by atoms with Gasteiger partial charge in [-0.25, -0.2) is 4.79 Å². The van der Waals surface area contributed by atoms with Gasteiger partial charge in [-0.3, -0.25) is 9.69 Å². The van der Waals surface area contributed by atoms with Gasteiger partial charge in [0.25, 0.3) is 0 Å². The van der Waals surface area contributed by atoms with Crippen LogP contribution in [0.4, 0.5) is 10.5 Å². The summed E-state index contributed by atoms with van der Waals surface area (Å²) in [6.07, 6.45) is -0.743. The SMILES string of the molecule is COc1ccccc1N(C)C(=O)NCC(CC(=O)O)OC. The molecule has 0 aliphatic rings. The third kappa shape index (κ3) is 4.96. The lowest BCUT2D eigenvalue weighted by atomic mass is 10.2. The van der Waals surface area contributed by atoms with E-state index < -0.39 is 12.1 Å². The number of anilines is 1. The van der Waals surface area contributed by atoms with Crippen LogP contribution in [0.2, 0.25) is 0 Å². The summed E-state index contributed by atoms with van der Waals surface area (Å²) >= 11 is 0. The minimum absolute atomic E-state index is 0.112. The first-order valence-corrected chi connectivity index (χ1v) is 6.38. The predicted octanol–water partition coefficient (Wildman–Crippen LogP) is 1.33. The van der Waals surface area contributed by atoms with Gasteiger partial charge < -0.3 is 19.9 Å². The summed E-state index contributed by atoms with van der Waals surface area (Å²) in [7, 11) is 4.54. The molecule has 0 bridgehead atoms. The number of carboxylic acid groups (broad SMARTS) is 1. The van der Waals surface area contributed by atoms with E-state index in [-0.39, 0.29) is 19.0 Å². The van der Waals surface area contributed by atoms with Crippen LogP contribution in [-0.4, -0.2) is 51.0 Å². The minimum atomic E-state index is -0.978. The molecule has 21 heavy (non-hydrogen) atoms. The van der Waals surface area contributed by atoms with Gasteiger partial charge in [0.1, 0.15) is 5.75 Å². The van der Waals surface area contributed by atoms with Crippen molar-refractivity contribution in [2.45, 2.75) is 12.5 Å². The van der Waals surface area contributed by atoms with Gasteiger partial charge in [-0.2, -0.15) is 0 Å². The molecule has 0 radical (unpaired) electrons. The highest BCUT2D eigenvalue weighted by Gasteiger charge is 2.17. The molecular formula is C14H20N2O5. The van der Waals surface area contributed by atoms with Crippen molar-refractivity contribution >= 4 is 17.7 Å². The first kappa shape index (κ1) is 16.8. The number of aliphatic carboxylic acids is 1. The van der Waals surface area contributed by atoms with Crippen molar-refractivity contribution in [2.24, 2.45) is 0 Å². The normalized spacial score (nSPS) is 11.6. The van der Waals surface area contributed by atoms with Crippen LogP contribution in [0.3, 0.4) is 0 Å². The Balaban J connectivity index is 2.64. The highest BCUT2D eigenvalue weighted by Crippen LogP contribution is 2.26. The fourth-order valence-corrected chi connectivity index (χ4v) is 1.77. The summed E-state index contributed by atoms with van der Waals surface area (Å²) in [5.41, 5.74) is 0.615. The number of ether oxygens (including phenoxy) is 2. The van der Waals surface area contributed by atoms with Gasteiger partial charge in [0.2, 0.25) is 0 Å². The third-order valence-electron chi connectivity index (χ3n) is 2.97. The molecule has 1 rings (SSSR count). The molecule has 0 saturated heterocycles. The van der Waals surface area contributed by atoms with Crippen molar-refractivity contribution < 1.29 is 24.2 Å². The summed E-state index contributed by atoms with van der Waals surface area (Å²) < 4.78 is 10.2. The average Bonchev–Trinajstić information content (AvgIpc) is 2.49. The van der Waals surface area contributed by atoms with Crippen molar-refractivity contribution in [3.8, 4) is 5.75 Å². The zero-order valence-corrected chi connectivity index (χ0v) is 12.3. The molecule has 0 aromatic heterocycles. The van der Waals surface area contributed by atoms with Gasteiger partial charge in [-0.05, 0) is 12.1 Å². The molecule has 0 spiro atoms. The van der Waals surface area contributed by atoms with E-state index >= 15 is 0 Å². The monoisotopic (exact) mass is 296 g/mol. The molecule has 2 N–H and O–H groups in total. The topological polar surface area (TPSA) is 88.1 Å². The first-order valence-electron chi connectivity index (χ1n) is 6.38. The summed E-state index contributed by atoms with van der Waals surface area (Å²) in [6, 6.07) is 6.74. The highest BCUT2D eigenvalue weighted by atomic mass is 16.5. The number of rotatable bonds is 7. The number of urea groups is 1. The second-order valence-corrected chi connectivity index (χ2v) is 4.37. The number of nitrogens with zero attached hydrogens (tertiary/aromatic N) is 1. The minimum Gasteiger partial charge on any atom is -0.495 e. The van der Waals surface area contributed by atoms with Crippen LogP contribution in [0.25, 0.3) is 0 Å². The van der Waals surface area contributed by atoms with Crippen LogP contribution in [-0.2, 0) is 9.53 Å². The largest absolute Gasteiger partial charge is 0.495 e. The number of carbonyl (C=O) groups is 2. The van der Waals surface area contributed by atoms with Crippen molar-refractivity contribution in [2.75, 3.05) is 32.7 Å². The molecule has 7 nitrogen and oxygen atoms in total. The number of nitrogens with one attached hydrogen (secondary N) is 1. The maximum atomic E-state index is 12.1. The summed E-state index contributed by atoms with van der Waals surface area (Å²) in [4.78, 5) is 24.1. The Morgan fingerprint density at radius 1 is 1.33 bits per heavy atom. The molecule has 1 aromatic carbocycles. The van der Waals surface area contributed by atoms with Gasteiger partial charge in [0, 0.05) is 20.7 Å². The van der Waals surface area contributed by atoms with Crippen LogP contribution in [0, 0.1) is 0 Å². The second kappa shape index (κ2) is 8.11. The second-order valence-electron chi connectivity index (χ2n) is 4.37. The number of benzene rings is 1. The molecule has 0 aliphatic carbocycles. The lowest BCUT2D eigenvalue weighted by Gasteiger charge is -2.22. The van der Waals surface area contributed by atoms with Crippen LogP contribution in [0.15, 0.2) is 24.3 Å². The van der Waals surface area contributed by atoms with Crippen LogP contribution in [0.5, 0.6) is 5.75 Å². The van der Waals surface area contributed by atoms with Crippen molar-refractivity contribution in [1.29, 1.82) is 0 Å². The van der Waals surface area contributed by atoms with E-state index in [4.69, 9.17) is 14.6 Å². The number of hydrogen-bond acceptors (Lipinski definition) is 4.